The van der Waals surface area contributed by atoms with Crippen LogP contribution in [-0.2, 0) is 16.0 Å². The summed E-state index contributed by atoms with van der Waals surface area (Å²) in [5, 5.41) is 20.4. The van der Waals surface area contributed by atoms with Crippen molar-refractivity contribution in [3.05, 3.63) is 51.3 Å². The number of ether oxygens (including phenoxy) is 1. The molecule has 0 bridgehead atoms. The molecular weight excluding hydrogens is 314 g/mol. The van der Waals surface area contributed by atoms with Gasteiger partial charge in [-0.15, -0.1) is 0 Å². The molecule has 3 rings (SSSR count). The van der Waals surface area contributed by atoms with Crippen LogP contribution in [0.3, 0.4) is 0 Å². The Labute approximate surface area is 138 Å². The van der Waals surface area contributed by atoms with Gasteiger partial charge < -0.3 is 24.7 Å². The molecule has 0 aromatic carbocycles. The average Bonchev–Trinajstić information content (AvgIpc) is 2.95. The molecule has 1 amide bonds. The van der Waals surface area contributed by atoms with Gasteiger partial charge in [-0.3, -0.25) is 4.79 Å². The number of hydrogen-bond donors (Lipinski definition) is 3. The molecule has 2 aliphatic rings. The lowest BCUT2D eigenvalue weighted by atomic mass is 9.86. The smallest absolute Gasteiger partial charge is 0.339 e. The zero-order valence-electron chi connectivity index (χ0n) is 13.2. The topological polar surface area (TPSA) is 109 Å². The highest BCUT2D eigenvalue weighted by atomic mass is 16.5. The van der Waals surface area contributed by atoms with Crippen molar-refractivity contribution in [1.29, 1.82) is 0 Å². The molecule has 3 atom stereocenters. The summed E-state index contributed by atoms with van der Waals surface area (Å²) in [5.74, 6) is 0.120. The fraction of sp³-hybridized carbons (Fsp3) is 0.412. The molecule has 0 fully saturated rings. The van der Waals surface area contributed by atoms with Crippen molar-refractivity contribution >= 4 is 12.0 Å². The number of hydrogen-bond acceptors (Lipinski definition) is 6. The minimum absolute atomic E-state index is 0.0781. The first-order valence-corrected chi connectivity index (χ1v) is 7.72. The van der Waals surface area contributed by atoms with Gasteiger partial charge in [-0.2, -0.15) is 0 Å². The zero-order chi connectivity index (χ0) is 17.3. The predicted octanol–water partition coefficient (Wildman–Crippen LogP) is 0.270. The summed E-state index contributed by atoms with van der Waals surface area (Å²) in [6.07, 6.45) is 3.96. The minimum Gasteiger partial charge on any atom is -0.492 e. The first-order valence-electron chi connectivity index (χ1n) is 7.72. The van der Waals surface area contributed by atoms with Gasteiger partial charge in [-0.25, -0.2) is 4.79 Å². The first kappa shape index (κ1) is 16.5. The van der Waals surface area contributed by atoms with E-state index in [4.69, 9.17) is 14.3 Å². The minimum atomic E-state index is -1.03. The normalized spacial score (nSPS) is 22.2. The number of aliphatic hydroxyl groups excluding tert-OH is 2. The van der Waals surface area contributed by atoms with E-state index >= 15 is 0 Å². The van der Waals surface area contributed by atoms with Crippen molar-refractivity contribution in [1.82, 2.24) is 5.32 Å². The van der Waals surface area contributed by atoms with Crippen LogP contribution in [0.2, 0.25) is 0 Å². The van der Waals surface area contributed by atoms with Gasteiger partial charge in [0.1, 0.15) is 11.9 Å². The molecule has 1 aliphatic carbocycles. The van der Waals surface area contributed by atoms with E-state index < -0.39 is 24.2 Å². The van der Waals surface area contributed by atoms with Crippen molar-refractivity contribution in [3.63, 3.8) is 0 Å². The van der Waals surface area contributed by atoms with Crippen LogP contribution in [0.5, 0.6) is 0 Å². The summed E-state index contributed by atoms with van der Waals surface area (Å²) in [6, 6.07) is 1.65. The van der Waals surface area contributed by atoms with Gasteiger partial charge in [-0.1, -0.05) is 6.08 Å². The largest absolute Gasteiger partial charge is 0.492 e. The highest BCUT2D eigenvalue weighted by Gasteiger charge is 2.34. The average molecular weight is 333 g/mol. The van der Waals surface area contributed by atoms with Crippen molar-refractivity contribution in [2.75, 3.05) is 13.2 Å². The van der Waals surface area contributed by atoms with Crippen molar-refractivity contribution in [2.24, 2.45) is 5.92 Å². The fourth-order valence-electron chi connectivity index (χ4n) is 2.84. The van der Waals surface area contributed by atoms with Crippen LogP contribution in [0.25, 0.3) is 6.08 Å². The van der Waals surface area contributed by atoms with E-state index in [2.05, 4.69) is 5.32 Å². The Morgan fingerprint density at radius 3 is 3.00 bits per heavy atom. The Balaban J connectivity index is 1.78. The summed E-state index contributed by atoms with van der Waals surface area (Å²) in [7, 11) is 0. The van der Waals surface area contributed by atoms with Crippen LogP contribution in [0, 0.1) is 5.92 Å². The molecule has 1 aromatic rings. The van der Waals surface area contributed by atoms with Crippen LogP contribution >= 0.6 is 0 Å². The van der Waals surface area contributed by atoms with E-state index in [0.717, 1.165) is 11.1 Å². The molecule has 0 radical (unpaired) electrons. The number of carbonyl (C=O) groups excluding carboxylic acids is 1. The third-order valence-corrected chi connectivity index (χ3v) is 4.19. The van der Waals surface area contributed by atoms with E-state index in [9.17, 15) is 14.7 Å². The maximum atomic E-state index is 12.1. The van der Waals surface area contributed by atoms with Crippen molar-refractivity contribution < 1.29 is 24.2 Å². The van der Waals surface area contributed by atoms with E-state index in [1.165, 1.54) is 0 Å². The maximum Gasteiger partial charge on any atom is 0.339 e. The van der Waals surface area contributed by atoms with Gasteiger partial charge >= 0.3 is 5.63 Å². The molecule has 0 saturated heterocycles. The van der Waals surface area contributed by atoms with Crippen LogP contribution in [0.15, 0.2) is 33.2 Å². The Morgan fingerprint density at radius 1 is 1.46 bits per heavy atom. The van der Waals surface area contributed by atoms with Crippen LogP contribution in [0.4, 0.5) is 0 Å². The molecule has 7 heteroatoms. The maximum absolute atomic E-state index is 12.1. The predicted molar refractivity (Wildman–Crippen MR) is 84.9 cm³/mol. The molecule has 2 heterocycles. The Bertz CT molecular complexity index is 763. The van der Waals surface area contributed by atoms with Gasteiger partial charge in [0.15, 0.2) is 0 Å². The summed E-state index contributed by atoms with van der Waals surface area (Å²) in [5.41, 5.74) is 1.49. The van der Waals surface area contributed by atoms with Gasteiger partial charge in [0.25, 0.3) is 0 Å². The quantitative estimate of drug-likeness (QED) is 0.714. The van der Waals surface area contributed by atoms with Gasteiger partial charge in [0, 0.05) is 23.6 Å². The molecule has 1 aromatic heterocycles. The lowest BCUT2D eigenvalue weighted by molar-refractivity contribution is -0.121. The highest BCUT2D eigenvalue weighted by molar-refractivity contribution is 5.78. The number of amides is 1. The first-order chi connectivity index (χ1) is 11.5. The Morgan fingerprint density at radius 2 is 2.25 bits per heavy atom. The second kappa shape index (κ2) is 6.62. The van der Waals surface area contributed by atoms with E-state index in [1.807, 2.05) is 13.0 Å². The van der Waals surface area contributed by atoms with E-state index in [0.29, 0.717) is 5.76 Å². The lowest BCUT2D eigenvalue weighted by Gasteiger charge is -2.23. The van der Waals surface area contributed by atoms with Crippen molar-refractivity contribution in [3.8, 4) is 0 Å². The zero-order valence-corrected chi connectivity index (χ0v) is 13.2. The second-order valence-electron chi connectivity index (χ2n) is 6.00. The number of aliphatic hydroxyl groups is 2. The number of nitrogens with one attached hydrogen (secondary N) is 1. The molecule has 0 spiro atoms. The third kappa shape index (κ3) is 3.13. The molecule has 3 unspecified atom stereocenters. The fourth-order valence-corrected chi connectivity index (χ4v) is 2.84. The highest BCUT2D eigenvalue weighted by Crippen LogP contribution is 2.42. The van der Waals surface area contributed by atoms with Crippen LogP contribution in [-0.4, -0.2) is 35.4 Å². The number of rotatable bonds is 5. The van der Waals surface area contributed by atoms with Gasteiger partial charge in [0.05, 0.1) is 25.4 Å². The molecule has 128 valence electrons. The third-order valence-electron chi connectivity index (χ3n) is 4.19. The lowest BCUT2D eigenvalue weighted by Crippen LogP contribution is -2.35. The summed E-state index contributed by atoms with van der Waals surface area (Å²) in [4.78, 5) is 23.9. The molecule has 7 nitrogen and oxygen atoms in total. The molecule has 0 saturated carbocycles. The SMILES string of the molecule is CC1=COC2c3cc(CC(=O)NCC(O)CO)c(=O)oc3C=CC12. The summed E-state index contributed by atoms with van der Waals surface area (Å²) < 4.78 is 11.0. The standard InChI is InChI=1S/C17H19NO6/c1-9-8-23-16-12(9)2-3-14-13(16)4-10(17(22)24-14)5-15(21)18-6-11(20)7-19/h2-4,8,11-12,16,19-20H,5-7H2,1H3,(H,18,21). The molecule has 1 aliphatic heterocycles. The summed E-state index contributed by atoms with van der Waals surface area (Å²) >= 11 is 0. The van der Waals surface area contributed by atoms with Crippen LogP contribution < -0.4 is 10.9 Å². The molecule has 24 heavy (non-hydrogen) atoms. The van der Waals surface area contributed by atoms with Gasteiger partial charge in [-0.05, 0) is 24.6 Å². The van der Waals surface area contributed by atoms with E-state index in [-0.39, 0.29) is 30.6 Å². The van der Waals surface area contributed by atoms with Gasteiger partial charge in [0.2, 0.25) is 5.91 Å². The summed E-state index contributed by atoms with van der Waals surface area (Å²) in [6.45, 7) is 1.45. The monoisotopic (exact) mass is 333 g/mol. The Kier molecular flexibility index (Phi) is 4.55. The molecule has 3 N–H and O–H groups in total. The molecular formula is C17H19NO6. The number of fused-ring (bicyclic) bond motifs is 3. The van der Waals surface area contributed by atoms with Crippen molar-refractivity contribution in [2.45, 2.75) is 25.6 Å². The van der Waals surface area contributed by atoms with Crippen LogP contribution in [0.1, 0.15) is 29.9 Å². The second-order valence-corrected chi connectivity index (χ2v) is 6.00. The van der Waals surface area contributed by atoms with E-state index in [1.54, 1.807) is 18.4 Å². The Hall–Kier alpha value is -2.38. The number of carbonyl (C=O) groups is 1.